The molecule has 4 N–H and O–H groups in total. The van der Waals surface area contributed by atoms with Crippen molar-refractivity contribution in [2.75, 3.05) is 49.7 Å². The van der Waals surface area contributed by atoms with E-state index in [-0.39, 0.29) is 64.5 Å². The summed E-state index contributed by atoms with van der Waals surface area (Å²) >= 11 is 0. The van der Waals surface area contributed by atoms with E-state index in [9.17, 15) is 28.4 Å². The highest BCUT2D eigenvalue weighted by Gasteiger charge is 2.50. The quantitative estimate of drug-likeness (QED) is 0.0640. The van der Waals surface area contributed by atoms with Crippen LogP contribution >= 0.6 is 0 Å². The second kappa shape index (κ2) is 19.1. The van der Waals surface area contributed by atoms with Gasteiger partial charge in [-0.15, -0.1) is 0 Å². The van der Waals surface area contributed by atoms with Gasteiger partial charge in [0.2, 0.25) is 0 Å². The van der Waals surface area contributed by atoms with E-state index in [0.717, 1.165) is 49.6 Å². The number of aromatic nitrogens is 2. The number of benzene rings is 3. The maximum absolute atomic E-state index is 14.4. The number of piperidine rings is 1. The van der Waals surface area contributed by atoms with E-state index < -0.39 is 37.0 Å². The number of H-pyrrole nitrogens is 1. The fraction of sp³-hybridized carbons (Fsp3) is 0.519. The molecule has 382 valence electrons. The molecule has 17 nitrogen and oxygen atoms in total. The minimum atomic E-state index is -4.72. The zero-order valence-electron chi connectivity index (χ0n) is 41.2. The van der Waals surface area contributed by atoms with Gasteiger partial charge in [0, 0.05) is 67.1 Å². The maximum atomic E-state index is 14.4. The van der Waals surface area contributed by atoms with Crippen LogP contribution in [0.3, 0.4) is 0 Å². The molecule has 72 heavy (non-hydrogen) atoms. The summed E-state index contributed by atoms with van der Waals surface area (Å²) in [7, 11) is -4.72. The molecule has 3 atom stereocenters. The van der Waals surface area contributed by atoms with E-state index in [4.69, 9.17) is 23.9 Å². The van der Waals surface area contributed by atoms with Crippen molar-refractivity contribution in [3.8, 4) is 23.1 Å². The highest BCUT2D eigenvalue weighted by Crippen LogP contribution is 2.55. The van der Waals surface area contributed by atoms with Crippen LogP contribution in [0, 0.1) is 21.4 Å². The number of aromatic amines is 1. The monoisotopic (exact) mass is 1000 g/mol. The van der Waals surface area contributed by atoms with Crippen molar-refractivity contribution >= 4 is 44.0 Å². The van der Waals surface area contributed by atoms with E-state index in [2.05, 4.69) is 62.9 Å². The highest BCUT2D eigenvalue weighted by atomic mass is 32.2. The minimum absolute atomic E-state index is 0.00863. The molecule has 18 heteroatoms. The van der Waals surface area contributed by atoms with Gasteiger partial charge in [0.1, 0.15) is 24.1 Å². The van der Waals surface area contributed by atoms with Crippen LogP contribution in [0.1, 0.15) is 125 Å². The molecule has 4 aliphatic heterocycles. The van der Waals surface area contributed by atoms with E-state index in [1.807, 2.05) is 19.1 Å². The molecule has 11 rings (SSSR count). The van der Waals surface area contributed by atoms with Gasteiger partial charge in [-0.25, -0.2) is 13.1 Å². The van der Waals surface area contributed by atoms with Crippen LogP contribution in [0.15, 0.2) is 77.8 Å². The third-order valence-corrected chi connectivity index (χ3v) is 17.9. The molecule has 2 aromatic heterocycles. The number of nitro groups is 1. The first-order valence-electron chi connectivity index (χ1n) is 25.8. The van der Waals surface area contributed by atoms with Gasteiger partial charge >= 0.3 is 0 Å². The molecular weight excluding hydrogens is 939 g/mol. The normalized spacial score (nSPS) is 25.4. The SMILES string of the molecule is CC(C)c1ccccc1[C@@H]1CCCN1C1CC2(CCN(c3ccc(C(=O)NS(=O)(=O)c4cc5c(c([N+](=O)[O-])c4)N[C@@H](C4CCC(C)(O)CC4)CO5)c(Oc4cc5cc[nH]c5nc4O[C@@H]4CCOC4)c3)CC2)C1. The van der Waals surface area contributed by atoms with Gasteiger partial charge in [0.25, 0.3) is 27.5 Å². The van der Waals surface area contributed by atoms with E-state index in [1.54, 1.807) is 24.4 Å². The largest absolute Gasteiger partial charge is 0.489 e. The molecule has 5 aromatic rings. The number of fused-ring (bicyclic) bond motifs is 2. The number of sulfonamides is 1. The lowest BCUT2D eigenvalue weighted by molar-refractivity contribution is -0.384. The molecule has 6 aliphatic rings. The number of carbonyl (C=O) groups is 1. The van der Waals surface area contributed by atoms with Crippen molar-refractivity contribution in [2.45, 2.75) is 132 Å². The average molecular weight is 1000 g/mol. The first-order valence-corrected chi connectivity index (χ1v) is 27.2. The van der Waals surface area contributed by atoms with Gasteiger partial charge in [-0.1, -0.05) is 38.1 Å². The van der Waals surface area contributed by atoms with Gasteiger partial charge in [-0.05, 0) is 130 Å². The first-order chi connectivity index (χ1) is 34.6. The molecular formula is C54H65N7O10S. The number of hydrogen-bond donors (Lipinski definition) is 4. The Morgan fingerprint density at radius 1 is 0.972 bits per heavy atom. The third kappa shape index (κ3) is 9.58. The van der Waals surface area contributed by atoms with Crippen molar-refractivity contribution in [2.24, 2.45) is 11.3 Å². The van der Waals surface area contributed by atoms with E-state index >= 15 is 0 Å². The zero-order chi connectivity index (χ0) is 49.9. The predicted octanol–water partition coefficient (Wildman–Crippen LogP) is 9.37. The minimum Gasteiger partial charge on any atom is -0.489 e. The molecule has 3 aromatic carbocycles. The highest BCUT2D eigenvalue weighted by molar-refractivity contribution is 7.90. The number of amides is 1. The Morgan fingerprint density at radius 2 is 1.76 bits per heavy atom. The van der Waals surface area contributed by atoms with Crippen molar-refractivity contribution in [1.82, 2.24) is 19.6 Å². The molecule has 2 aliphatic carbocycles. The van der Waals surface area contributed by atoms with Crippen molar-refractivity contribution in [3.63, 3.8) is 0 Å². The number of nitrogens with one attached hydrogen (secondary N) is 3. The van der Waals surface area contributed by atoms with Gasteiger partial charge in [-0.3, -0.25) is 19.8 Å². The van der Waals surface area contributed by atoms with Gasteiger partial charge in [0.05, 0.1) is 40.2 Å². The molecule has 0 bridgehead atoms. The van der Waals surface area contributed by atoms with Crippen LogP contribution in [-0.4, -0.2) is 102 Å². The lowest BCUT2D eigenvalue weighted by atomic mass is 9.59. The van der Waals surface area contributed by atoms with Crippen LogP contribution in [-0.2, 0) is 14.8 Å². The smallest absolute Gasteiger partial charge is 0.297 e. The summed E-state index contributed by atoms with van der Waals surface area (Å²) in [5.41, 5.74) is 3.33. The number of aliphatic hydroxyl groups is 1. The number of hydrogen-bond acceptors (Lipinski definition) is 14. The molecule has 1 spiro atoms. The Kier molecular flexibility index (Phi) is 12.9. The number of rotatable bonds is 13. The van der Waals surface area contributed by atoms with Crippen LogP contribution in [0.25, 0.3) is 11.0 Å². The summed E-state index contributed by atoms with van der Waals surface area (Å²) in [4.78, 5) is 38.7. The molecule has 5 fully saturated rings. The fourth-order valence-electron chi connectivity index (χ4n) is 12.4. The van der Waals surface area contributed by atoms with E-state index in [0.29, 0.717) is 69.0 Å². The predicted molar refractivity (Wildman–Crippen MR) is 272 cm³/mol. The Hall–Kier alpha value is -5.95. The first kappa shape index (κ1) is 48.3. The molecule has 2 saturated carbocycles. The van der Waals surface area contributed by atoms with Crippen molar-refractivity contribution < 1.29 is 42.2 Å². The number of nitro benzene ring substituents is 1. The molecule has 6 heterocycles. The molecule has 0 unspecified atom stereocenters. The third-order valence-electron chi connectivity index (χ3n) is 16.5. The summed E-state index contributed by atoms with van der Waals surface area (Å²) in [5.74, 6) is 0.0550. The molecule has 3 saturated heterocycles. The lowest BCUT2D eigenvalue weighted by Crippen LogP contribution is -2.54. The van der Waals surface area contributed by atoms with Gasteiger partial charge in [0.15, 0.2) is 17.2 Å². The fourth-order valence-corrected chi connectivity index (χ4v) is 13.4. The maximum Gasteiger partial charge on any atom is 0.297 e. The lowest BCUT2D eigenvalue weighted by Gasteiger charge is -2.56. The Labute approximate surface area is 420 Å². The number of pyridine rings is 1. The Bertz CT molecular complexity index is 2960. The zero-order valence-corrected chi connectivity index (χ0v) is 42.0. The number of carbonyl (C=O) groups excluding carboxylic acids is 1. The second-order valence-corrected chi connectivity index (χ2v) is 23.4. The number of likely N-dealkylation sites (tertiary alicyclic amines) is 1. The van der Waals surface area contributed by atoms with Crippen LogP contribution in [0.5, 0.6) is 23.1 Å². The number of nitrogens with zero attached hydrogens (tertiary/aromatic N) is 4. The summed E-state index contributed by atoms with van der Waals surface area (Å²) < 4.78 is 55.1. The topological polar surface area (TPSA) is 211 Å². The summed E-state index contributed by atoms with van der Waals surface area (Å²) in [6, 6.07) is 20.6. The summed E-state index contributed by atoms with van der Waals surface area (Å²) in [6.45, 7) is 10.2. The molecule has 1 amide bonds. The van der Waals surface area contributed by atoms with Gasteiger partial charge < -0.3 is 39.3 Å². The van der Waals surface area contributed by atoms with E-state index in [1.165, 1.54) is 42.9 Å². The number of anilines is 2. The van der Waals surface area contributed by atoms with Gasteiger partial charge in [-0.2, -0.15) is 4.98 Å². The van der Waals surface area contributed by atoms with Crippen molar-refractivity contribution in [1.29, 1.82) is 0 Å². The van der Waals surface area contributed by atoms with Crippen LogP contribution in [0.2, 0.25) is 0 Å². The molecule has 0 radical (unpaired) electrons. The standard InChI is InChI=1S/C54H65N7O10S/c1-33(2)40-7-4-5-8-41(40)44-9-6-21-60(44)37-29-54(30-37)18-22-59(23-19-54)36-10-11-42(46(26-36)71-48-25-35-14-20-55-50(35)57-52(48)70-38-15-24-68-31-38)51(62)58-72(66,67)39-27-45(61(64)65)49-47(28-39)69-32-43(56-49)34-12-16-53(3,63)17-13-34/h4-5,7-8,10-11,14,20,25-28,33-34,37-38,43-44,56,63H,6,9,12-13,15-19,21-24,29-32H2,1-3H3,(H,55,57)(H,58,62)/t34?,38-,43-,44+,53?/m1/s1. The Balaban J connectivity index is 0.842. The number of ether oxygens (including phenoxy) is 4. The van der Waals surface area contributed by atoms with Crippen LogP contribution < -0.4 is 29.1 Å². The summed E-state index contributed by atoms with van der Waals surface area (Å²) in [6.07, 6.45) is 11.5. The Morgan fingerprint density at radius 3 is 2.51 bits per heavy atom. The average Bonchev–Trinajstić information content (AvgIpc) is 4.16. The summed E-state index contributed by atoms with van der Waals surface area (Å²) in [5, 5.41) is 27.0. The second-order valence-electron chi connectivity index (χ2n) is 21.7. The van der Waals surface area contributed by atoms with Crippen molar-refractivity contribution in [3.05, 3.63) is 99.7 Å². The van der Waals surface area contributed by atoms with Crippen LogP contribution in [0.4, 0.5) is 17.1 Å².